The summed E-state index contributed by atoms with van der Waals surface area (Å²) in [6, 6.07) is 9.67. The van der Waals surface area contributed by atoms with Gasteiger partial charge in [0, 0.05) is 18.9 Å². The number of benzene rings is 1. The molecule has 0 bridgehead atoms. The van der Waals surface area contributed by atoms with Gasteiger partial charge >= 0.3 is 5.97 Å². The minimum atomic E-state index is -0.971. The summed E-state index contributed by atoms with van der Waals surface area (Å²) in [7, 11) is 0. The lowest BCUT2D eigenvalue weighted by Gasteiger charge is -2.05. The number of hydrogen-bond acceptors (Lipinski definition) is 4. The Morgan fingerprint density at radius 3 is 2.83 bits per heavy atom. The monoisotopic (exact) mass is 250 g/mol. The van der Waals surface area contributed by atoms with E-state index >= 15 is 0 Å². The molecule has 5 nitrogen and oxygen atoms in total. The predicted octanol–water partition coefficient (Wildman–Crippen LogP) is 1.08. The number of carbonyl (C=O) groups is 1. The number of carboxylic acids is 1. The van der Waals surface area contributed by atoms with E-state index < -0.39 is 5.97 Å². The van der Waals surface area contributed by atoms with Gasteiger partial charge in [0.25, 0.3) is 0 Å². The van der Waals surface area contributed by atoms with E-state index in [1.54, 1.807) is 6.21 Å². The molecule has 0 heterocycles. The Labute approximate surface area is 106 Å². The van der Waals surface area contributed by atoms with E-state index in [2.05, 4.69) is 4.99 Å². The van der Waals surface area contributed by atoms with Gasteiger partial charge in [-0.2, -0.15) is 0 Å². The third-order valence-electron chi connectivity index (χ3n) is 2.23. The largest absolute Gasteiger partial charge is 0.480 e. The lowest BCUT2D eigenvalue weighted by molar-refractivity contribution is -0.142. The van der Waals surface area contributed by atoms with Crippen molar-refractivity contribution in [3.63, 3.8) is 0 Å². The fourth-order valence-corrected chi connectivity index (χ4v) is 1.33. The fraction of sp³-hybridized carbons (Fsp3) is 0.385. The van der Waals surface area contributed by atoms with Gasteiger partial charge in [0.15, 0.2) is 0 Å². The highest BCUT2D eigenvalue weighted by Crippen LogP contribution is 1.99. The van der Waals surface area contributed by atoms with Crippen LogP contribution in [0.25, 0.3) is 0 Å². The van der Waals surface area contributed by atoms with Crippen molar-refractivity contribution in [3.05, 3.63) is 35.9 Å². The van der Waals surface area contributed by atoms with Crippen LogP contribution in [0.15, 0.2) is 35.3 Å². The van der Waals surface area contributed by atoms with Crippen molar-refractivity contribution < 1.29 is 14.6 Å². The van der Waals surface area contributed by atoms with Crippen LogP contribution in [0.2, 0.25) is 0 Å². The van der Waals surface area contributed by atoms with Crippen molar-refractivity contribution in [2.45, 2.75) is 19.0 Å². The first-order valence-corrected chi connectivity index (χ1v) is 5.77. The van der Waals surface area contributed by atoms with Crippen LogP contribution in [0.4, 0.5) is 0 Å². The second-order valence-electron chi connectivity index (χ2n) is 3.87. The zero-order valence-electron chi connectivity index (χ0n) is 10.2. The highest BCUT2D eigenvalue weighted by atomic mass is 16.5. The van der Waals surface area contributed by atoms with Gasteiger partial charge in [-0.05, 0) is 12.0 Å². The molecule has 98 valence electrons. The van der Waals surface area contributed by atoms with E-state index in [1.807, 2.05) is 30.3 Å². The van der Waals surface area contributed by atoms with Gasteiger partial charge in [0.1, 0.15) is 6.61 Å². The highest BCUT2D eigenvalue weighted by molar-refractivity contribution is 5.68. The van der Waals surface area contributed by atoms with Crippen LogP contribution in [-0.4, -0.2) is 36.5 Å². The number of aliphatic carboxylic acids is 1. The number of ether oxygens (including phenoxy) is 1. The first kappa shape index (κ1) is 14.3. The Morgan fingerprint density at radius 1 is 1.44 bits per heavy atom. The number of carboxylic acid groups (broad SMARTS) is 1. The van der Waals surface area contributed by atoms with E-state index in [0.29, 0.717) is 19.6 Å². The summed E-state index contributed by atoms with van der Waals surface area (Å²) < 4.78 is 4.89. The van der Waals surface area contributed by atoms with Crippen LogP contribution in [0, 0.1) is 0 Å². The summed E-state index contributed by atoms with van der Waals surface area (Å²) in [5, 5.41) is 8.36. The molecule has 5 heteroatoms. The van der Waals surface area contributed by atoms with Crippen LogP contribution in [0.5, 0.6) is 0 Å². The molecule has 1 aromatic rings. The standard InChI is InChI=1S/C13H18N2O3/c14-12(6-7-18-10-13(16)17)9-15-8-11-4-2-1-3-5-11/h1-5,9,12H,6-8,10,14H2,(H,16,17). The topological polar surface area (TPSA) is 84.9 Å². The lowest BCUT2D eigenvalue weighted by Crippen LogP contribution is -2.24. The van der Waals surface area contributed by atoms with E-state index in [1.165, 1.54) is 0 Å². The smallest absolute Gasteiger partial charge is 0.329 e. The third kappa shape index (κ3) is 6.78. The molecule has 0 saturated heterocycles. The lowest BCUT2D eigenvalue weighted by atomic mass is 10.2. The van der Waals surface area contributed by atoms with Gasteiger partial charge in [-0.25, -0.2) is 4.79 Å². The van der Waals surface area contributed by atoms with Crippen molar-refractivity contribution in [3.8, 4) is 0 Å². The fourth-order valence-electron chi connectivity index (χ4n) is 1.33. The van der Waals surface area contributed by atoms with Crippen molar-refractivity contribution >= 4 is 12.2 Å². The molecule has 0 aliphatic rings. The van der Waals surface area contributed by atoms with E-state index in [-0.39, 0.29) is 12.6 Å². The maximum atomic E-state index is 10.2. The summed E-state index contributed by atoms with van der Waals surface area (Å²) in [5.41, 5.74) is 6.91. The molecule has 0 saturated carbocycles. The third-order valence-corrected chi connectivity index (χ3v) is 2.23. The van der Waals surface area contributed by atoms with Gasteiger partial charge in [0.2, 0.25) is 0 Å². The molecule has 0 radical (unpaired) electrons. The van der Waals surface area contributed by atoms with Crippen molar-refractivity contribution in [1.82, 2.24) is 0 Å². The van der Waals surface area contributed by atoms with Crippen LogP contribution in [-0.2, 0) is 16.1 Å². The molecule has 0 fully saturated rings. The Hall–Kier alpha value is -1.72. The molecule has 1 aromatic carbocycles. The van der Waals surface area contributed by atoms with Crippen molar-refractivity contribution in [1.29, 1.82) is 0 Å². The summed E-state index contributed by atoms with van der Waals surface area (Å²) in [5.74, 6) is -0.971. The highest BCUT2D eigenvalue weighted by Gasteiger charge is 2.00. The van der Waals surface area contributed by atoms with Crippen LogP contribution in [0.3, 0.4) is 0 Å². The Kier molecular flexibility index (Phi) is 6.68. The predicted molar refractivity (Wildman–Crippen MR) is 69.7 cm³/mol. The molecule has 0 aliphatic heterocycles. The Balaban J connectivity index is 2.15. The zero-order valence-corrected chi connectivity index (χ0v) is 10.2. The molecule has 18 heavy (non-hydrogen) atoms. The molecule has 3 N–H and O–H groups in total. The number of aliphatic imine (C=N–C) groups is 1. The van der Waals surface area contributed by atoms with Crippen LogP contribution >= 0.6 is 0 Å². The molecule has 0 aliphatic carbocycles. The molecule has 1 unspecified atom stereocenters. The van der Waals surface area contributed by atoms with E-state index in [9.17, 15) is 4.79 Å². The first-order valence-electron chi connectivity index (χ1n) is 5.77. The Bertz CT molecular complexity index is 379. The summed E-state index contributed by atoms with van der Waals surface area (Å²) in [6.45, 7) is 0.642. The number of rotatable bonds is 8. The van der Waals surface area contributed by atoms with Gasteiger partial charge in [0.05, 0.1) is 6.54 Å². The second kappa shape index (κ2) is 8.38. The maximum Gasteiger partial charge on any atom is 0.329 e. The zero-order chi connectivity index (χ0) is 13.2. The summed E-state index contributed by atoms with van der Waals surface area (Å²) in [4.78, 5) is 14.4. The van der Waals surface area contributed by atoms with Crippen LogP contribution < -0.4 is 5.73 Å². The van der Waals surface area contributed by atoms with Crippen LogP contribution in [0.1, 0.15) is 12.0 Å². The quantitative estimate of drug-likeness (QED) is 0.534. The van der Waals surface area contributed by atoms with Gasteiger partial charge in [-0.15, -0.1) is 0 Å². The van der Waals surface area contributed by atoms with Gasteiger partial charge in [-0.1, -0.05) is 30.3 Å². The molecule has 0 amide bonds. The van der Waals surface area contributed by atoms with Gasteiger partial charge in [-0.3, -0.25) is 4.99 Å². The summed E-state index contributed by atoms with van der Waals surface area (Å²) >= 11 is 0. The second-order valence-corrected chi connectivity index (χ2v) is 3.87. The SMILES string of the molecule is NC(C=NCc1ccccc1)CCOCC(=O)O. The molecule has 0 aromatic heterocycles. The van der Waals surface area contributed by atoms with Crippen molar-refractivity contribution in [2.75, 3.05) is 13.2 Å². The molecule has 0 spiro atoms. The number of nitrogens with zero attached hydrogens (tertiary/aromatic N) is 1. The minimum absolute atomic E-state index is 0.206. The normalized spacial score (nSPS) is 12.7. The number of hydrogen-bond donors (Lipinski definition) is 2. The Morgan fingerprint density at radius 2 is 2.17 bits per heavy atom. The van der Waals surface area contributed by atoms with E-state index in [0.717, 1.165) is 5.56 Å². The minimum Gasteiger partial charge on any atom is -0.480 e. The van der Waals surface area contributed by atoms with Crippen molar-refractivity contribution in [2.24, 2.45) is 10.7 Å². The average Bonchev–Trinajstić information content (AvgIpc) is 2.36. The van der Waals surface area contributed by atoms with Gasteiger partial charge < -0.3 is 15.6 Å². The molecule has 1 rings (SSSR count). The molecule has 1 atom stereocenters. The summed E-state index contributed by atoms with van der Waals surface area (Å²) in [6.07, 6.45) is 2.24. The molecular formula is C13H18N2O3. The molecular weight excluding hydrogens is 232 g/mol. The maximum absolute atomic E-state index is 10.2. The first-order chi connectivity index (χ1) is 8.68. The average molecular weight is 250 g/mol. The number of nitrogens with two attached hydrogens (primary N) is 1. The van der Waals surface area contributed by atoms with E-state index in [4.69, 9.17) is 15.6 Å².